The minimum atomic E-state index is -0.292. The molecule has 0 aliphatic carbocycles. The summed E-state index contributed by atoms with van der Waals surface area (Å²) in [7, 11) is 1.40. The number of hydrogen-bond acceptors (Lipinski definition) is 3. The van der Waals surface area contributed by atoms with Gasteiger partial charge in [0.15, 0.2) is 0 Å². The SMILES string of the molecule is COC(=O)c1ccc(C)c([C@H]2CCCO2)c1. The molecule has 0 unspecified atom stereocenters. The predicted octanol–water partition coefficient (Wildman–Crippen LogP) is 2.63. The minimum Gasteiger partial charge on any atom is -0.465 e. The molecule has 0 amide bonds. The maximum absolute atomic E-state index is 11.4. The number of benzene rings is 1. The lowest BCUT2D eigenvalue weighted by Gasteiger charge is -2.13. The molecule has 1 aliphatic heterocycles. The summed E-state index contributed by atoms with van der Waals surface area (Å²) in [6.45, 7) is 2.85. The first-order valence-corrected chi connectivity index (χ1v) is 5.53. The molecule has 86 valence electrons. The molecule has 0 radical (unpaired) electrons. The summed E-state index contributed by atoms with van der Waals surface area (Å²) in [5, 5.41) is 0. The molecule has 0 saturated carbocycles. The summed E-state index contributed by atoms with van der Waals surface area (Å²) >= 11 is 0. The molecule has 0 aromatic heterocycles. The highest BCUT2D eigenvalue weighted by molar-refractivity contribution is 5.89. The molecule has 2 rings (SSSR count). The topological polar surface area (TPSA) is 35.5 Å². The molecule has 1 atom stereocenters. The first-order valence-electron chi connectivity index (χ1n) is 5.53. The standard InChI is InChI=1S/C13H16O3/c1-9-5-6-10(13(14)15-2)8-11(9)12-4-3-7-16-12/h5-6,8,12H,3-4,7H2,1-2H3/t12-/m1/s1. The normalized spacial score (nSPS) is 19.8. The van der Waals surface area contributed by atoms with Gasteiger partial charge in [-0.3, -0.25) is 0 Å². The maximum Gasteiger partial charge on any atom is 0.337 e. The molecule has 1 aromatic carbocycles. The zero-order valence-corrected chi connectivity index (χ0v) is 9.66. The van der Waals surface area contributed by atoms with Crippen LogP contribution in [-0.2, 0) is 9.47 Å². The summed E-state index contributed by atoms with van der Waals surface area (Å²) in [5.74, 6) is -0.292. The van der Waals surface area contributed by atoms with Crippen molar-refractivity contribution in [1.82, 2.24) is 0 Å². The van der Waals surface area contributed by atoms with Gasteiger partial charge in [-0.1, -0.05) is 6.07 Å². The van der Waals surface area contributed by atoms with Gasteiger partial charge in [-0.25, -0.2) is 4.79 Å². The van der Waals surface area contributed by atoms with Crippen molar-refractivity contribution in [2.45, 2.75) is 25.9 Å². The van der Waals surface area contributed by atoms with Crippen LogP contribution in [0.4, 0.5) is 0 Å². The van der Waals surface area contributed by atoms with Crippen LogP contribution < -0.4 is 0 Å². The van der Waals surface area contributed by atoms with Crippen molar-refractivity contribution in [3.8, 4) is 0 Å². The van der Waals surface area contributed by atoms with Gasteiger partial charge in [0.2, 0.25) is 0 Å². The number of carbonyl (C=O) groups is 1. The molecule has 16 heavy (non-hydrogen) atoms. The van der Waals surface area contributed by atoms with Gasteiger partial charge in [-0.05, 0) is 43.0 Å². The predicted molar refractivity (Wildman–Crippen MR) is 60.4 cm³/mol. The fourth-order valence-electron chi connectivity index (χ4n) is 2.06. The lowest BCUT2D eigenvalue weighted by atomic mass is 9.99. The van der Waals surface area contributed by atoms with E-state index in [1.807, 2.05) is 19.1 Å². The van der Waals surface area contributed by atoms with Crippen molar-refractivity contribution in [3.05, 3.63) is 34.9 Å². The third kappa shape index (κ3) is 2.09. The van der Waals surface area contributed by atoms with Crippen molar-refractivity contribution < 1.29 is 14.3 Å². The van der Waals surface area contributed by atoms with Crippen LogP contribution in [0.2, 0.25) is 0 Å². The summed E-state index contributed by atoms with van der Waals surface area (Å²) in [6.07, 6.45) is 2.27. The molecule has 1 saturated heterocycles. The van der Waals surface area contributed by atoms with Crippen molar-refractivity contribution in [2.75, 3.05) is 13.7 Å². The van der Waals surface area contributed by atoms with Gasteiger partial charge in [0, 0.05) is 6.61 Å². The average Bonchev–Trinajstić information content (AvgIpc) is 2.82. The first-order chi connectivity index (χ1) is 7.72. The van der Waals surface area contributed by atoms with Crippen LogP contribution in [0.3, 0.4) is 0 Å². The Balaban J connectivity index is 2.32. The van der Waals surface area contributed by atoms with E-state index in [4.69, 9.17) is 9.47 Å². The molecular weight excluding hydrogens is 204 g/mol. The average molecular weight is 220 g/mol. The van der Waals surface area contributed by atoms with Crippen LogP contribution in [0.25, 0.3) is 0 Å². The number of aryl methyl sites for hydroxylation is 1. The molecular formula is C13H16O3. The Morgan fingerprint density at radius 2 is 2.31 bits per heavy atom. The highest BCUT2D eigenvalue weighted by Gasteiger charge is 2.20. The van der Waals surface area contributed by atoms with Gasteiger partial charge < -0.3 is 9.47 Å². The van der Waals surface area contributed by atoms with Gasteiger partial charge in [-0.2, -0.15) is 0 Å². The minimum absolute atomic E-state index is 0.143. The van der Waals surface area contributed by atoms with E-state index >= 15 is 0 Å². The third-order valence-corrected chi connectivity index (χ3v) is 2.98. The Morgan fingerprint density at radius 1 is 1.50 bits per heavy atom. The molecule has 1 fully saturated rings. The molecule has 3 nitrogen and oxygen atoms in total. The molecule has 1 heterocycles. The van der Waals surface area contributed by atoms with Crippen molar-refractivity contribution in [3.63, 3.8) is 0 Å². The molecule has 0 spiro atoms. The summed E-state index contributed by atoms with van der Waals surface area (Å²) in [6, 6.07) is 5.63. The van der Waals surface area contributed by atoms with Gasteiger partial charge in [-0.15, -0.1) is 0 Å². The maximum atomic E-state index is 11.4. The van der Waals surface area contributed by atoms with Gasteiger partial charge >= 0.3 is 5.97 Å². The molecule has 0 N–H and O–H groups in total. The van der Waals surface area contributed by atoms with Crippen molar-refractivity contribution in [2.24, 2.45) is 0 Å². The monoisotopic (exact) mass is 220 g/mol. The van der Waals surface area contributed by atoms with Crippen LogP contribution in [0.15, 0.2) is 18.2 Å². The second-order valence-electron chi connectivity index (χ2n) is 4.06. The third-order valence-electron chi connectivity index (χ3n) is 2.98. The Hall–Kier alpha value is -1.35. The summed E-state index contributed by atoms with van der Waals surface area (Å²) in [5.41, 5.74) is 2.87. The highest BCUT2D eigenvalue weighted by Crippen LogP contribution is 2.31. The van der Waals surface area contributed by atoms with E-state index in [-0.39, 0.29) is 12.1 Å². The highest BCUT2D eigenvalue weighted by atomic mass is 16.5. The number of esters is 1. The van der Waals surface area contributed by atoms with Crippen molar-refractivity contribution in [1.29, 1.82) is 0 Å². The summed E-state index contributed by atoms with van der Waals surface area (Å²) in [4.78, 5) is 11.4. The van der Waals surface area contributed by atoms with Gasteiger partial charge in [0.1, 0.15) is 0 Å². The van der Waals surface area contributed by atoms with E-state index in [0.29, 0.717) is 5.56 Å². The van der Waals surface area contributed by atoms with Crippen molar-refractivity contribution >= 4 is 5.97 Å². The lowest BCUT2D eigenvalue weighted by Crippen LogP contribution is -2.05. The lowest BCUT2D eigenvalue weighted by molar-refractivity contribution is 0.0600. The Kier molecular flexibility index (Phi) is 3.25. The van der Waals surface area contributed by atoms with E-state index in [1.165, 1.54) is 12.7 Å². The molecule has 0 bridgehead atoms. The number of ether oxygens (including phenoxy) is 2. The number of rotatable bonds is 2. The van der Waals surface area contributed by atoms with Crippen LogP contribution in [0, 0.1) is 6.92 Å². The first kappa shape index (κ1) is 11.1. The van der Waals surface area contributed by atoms with E-state index in [9.17, 15) is 4.79 Å². The fourth-order valence-corrected chi connectivity index (χ4v) is 2.06. The zero-order chi connectivity index (χ0) is 11.5. The second-order valence-corrected chi connectivity index (χ2v) is 4.06. The van der Waals surface area contributed by atoms with Gasteiger partial charge in [0.05, 0.1) is 18.8 Å². The van der Waals surface area contributed by atoms with Gasteiger partial charge in [0.25, 0.3) is 0 Å². The largest absolute Gasteiger partial charge is 0.465 e. The van der Waals surface area contributed by atoms with E-state index < -0.39 is 0 Å². The fraction of sp³-hybridized carbons (Fsp3) is 0.462. The Bertz CT molecular complexity index is 392. The number of methoxy groups -OCH3 is 1. The van der Waals surface area contributed by atoms with E-state index in [1.54, 1.807) is 6.07 Å². The second kappa shape index (κ2) is 4.66. The molecule has 1 aromatic rings. The number of carbonyl (C=O) groups excluding carboxylic acids is 1. The van der Waals surface area contributed by atoms with E-state index in [0.717, 1.165) is 25.0 Å². The summed E-state index contributed by atoms with van der Waals surface area (Å²) < 4.78 is 10.4. The van der Waals surface area contributed by atoms with E-state index in [2.05, 4.69) is 0 Å². The number of hydrogen-bond donors (Lipinski definition) is 0. The van der Waals surface area contributed by atoms with Crippen LogP contribution >= 0.6 is 0 Å². The van der Waals surface area contributed by atoms with Crippen LogP contribution in [-0.4, -0.2) is 19.7 Å². The Labute approximate surface area is 95.4 Å². The van der Waals surface area contributed by atoms with Crippen LogP contribution in [0.1, 0.15) is 40.4 Å². The quantitative estimate of drug-likeness (QED) is 0.719. The zero-order valence-electron chi connectivity index (χ0n) is 9.66. The van der Waals surface area contributed by atoms with Crippen LogP contribution in [0.5, 0.6) is 0 Å². The smallest absolute Gasteiger partial charge is 0.337 e. The molecule has 3 heteroatoms. The molecule has 1 aliphatic rings. The Morgan fingerprint density at radius 3 is 2.94 bits per heavy atom.